The van der Waals surface area contributed by atoms with Crippen LogP contribution in [0.2, 0.25) is 5.02 Å². The van der Waals surface area contributed by atoms with Crippen LogP contribution in [0.25, 0.3) is 6.08 Å². The summed E-state index contributed by atoms with van der Waals surface area (Å²) in [5, 5.41) is 12.2. The molecule has 0 aliphatic rings. The average molecular weight is 452 g/mol. The first kappa shape index (κ1) is 22.9. The van der Waals surface area contributed by atoms with Gasteiger partial charge in [0.2, 0.25) is 0 Å². The summed E-state index contributed by atoms with van der Waals surface area (Å²) in [5.41, 5.74) is 2.56. The molecule has 32 heavy (non-hydrogen) atoms. The molecule has 0 aliphatic heterocycles. The minimum Gasteiger partial charge on any atom is -0.493 e. The zero-order chi connectivity index (χ0) is 23.1. The number of aryl methyl sites for hydroxylation is 1. The van der Waals surface area contributed by atoms with Gasteiger partial charge in [0.1, 0.15) is 12.3 Å². The second-order valence-electron chi connectivity index (χ2n) is 7.00. The van der Waals surface area contributed by atoms with Crippen LogP contribution in [-0.4, -0.2) is 24.1 Å². The number of amides is 1. The van der Waals surface area contributed by atoms with E-state index in [1.54, 1.807) is 42.5 Å². The van der Waals surface area contributed by atoms with Gasteiger partial charge in [-0.2, -0.15) is 0 Å². The van der Waals surface area contributed by atoms with E-state index in [0.717, 1.165) is 11.1 Å². The summed E-state index contributed by atoms with van der Waals surface area (Å²) in [6.07, 6.45) is 1.31. The fourth-order valence-electron chi connectivity index (χ4n) is 3.02. The van der Waals surface area contributed by atoms with Crippen molar-refractivity contribution in [1.82, 2.24) is 5.32 Å². The molecular weight excluding hydrogens is 430 g/mol. The number of aliphatic carboxylic acids is 1. The van der Waals surface area contributed by atoms with Gasteiger partial charge in [-0.15, -0.1) is 0 Å². The Kier molecular flexibility index (Phi) is 7.52. The molecule has 164 valence electrons. The van der Waals surface area contributed by atoms with Gasteiger partial charge in [-0.25, -0.2) is 4.79 Å². The first-order valence-electron chi connectivity index (χ1n) is 9.74. The molecule has 0 radical (unpaired) electrons. The lowest BCUT2D eigenvalue weighted by Crippen LogP contribution is -2.27. The number of methoxy groups -OCH3 is 1. The summed E-state index contributed by atoms with van der Waals surface area (Å²) < 4.78 is 11.3. The predicted octanol–water partition coefficient (Wildman–Crippen LogP) is 5.09. The van der Waals surface area contributed by atoms with Crippen LogP contribution in [-0.2, 0) is 11.4 Å². The standard InChI is InChI=1S/C25H22ClNO5/c1-16-7-6-8-17(11-16)15-32-23-20(26)12-18(14-22(23)31-2)13-21(25(29)30)27-24(28)19-9-4-3-5-10-19/h3-14H,15H2,1-2H3,(H,27,28)(H,29,30). The van der Waals surface area contributed by atoms with Crippen molar-refractivity contribution in [2.24, 2.45) is 0 Å². The molecule has 3 aromatic rings. The van der Waals surface area contributed by atoms with Crippen LogP contribution in [0.4, 0.5) is 0 Å². The second-order valence-corrected chi connectivity index (χ2v) is 7.40. The van der Waals surface area contributed by atoms with E-state index >= 15 is 0 Å². The van der Waals surface area contributed by atoms with Crippen LogP contribution in [0, 0.1) is 6.92 Å². The average Bonchev–Trinajstić information content (AvgIpc) is 2.78. The van der Waals surface area contributed by atoms with Crippen molar-refractivity contribution in [3.8, 4) is 11.5 Å². The molecule has 0 spiro atoms. The van der Waals surface area contributed by atoms with Gasteiger partial charge in [-0.05, 0) is 48.4 Å². The molecule has 0 saturated heterocycles. The van der Waals surface area contributed by atoms with E-state index in [1.165, 1.54) is 13.2 Å². The van der Waals surface area contributed by atoms with Gasteiger partial charge in [0.05, 0.1) is 12.1 Å². The molecule has 0 saturated carbocycles. The molecule has 2 N–H and O–H groups in total. The van der Waals surface area contributed by atoms with Gasteiger partial charge in [-0.1, -0.05) is 59.6 Å². The summed E-state index contributed by atoms with van der Waals surface area (Å²) in [6, 6.07) is 19.4. The van der Waals surface area contributed by atoms with E-state index in [2.05, 4.69) is 5.32 Å². The van der Waals surface area contributed by atoms with Gasteiger partial charge in [-0.3, -0.25) is 4.79 Å². The highest BCUT2D eigenvalue weighted by molar-refractivity contribution is 6.32. The lowest BCUT2D eigenvalue weighted by atomic mass is 10.1. The molecule has 7 heteroatoms. The lowest BCUT2D eigenvalue weighted by Gasteiger charge is -2.14. The van der Waals surface area contributed by atoms with Crippen molar-refractivity contribution in [2.45, 2.75) is 13.5 Å². The van der Waals surface area contributed by atoms with E-state index in [-0.39, 0.29) is 10.7 Å². The highest BCUT2D eigenvalue weighted by Crippen LogP contribution is 2.37. The van der Waals surface area contributed by atoms with Crippen LogP contribution < -0.4 is 14.8 Å². The Balaban J connectivity index is 1.84. The van der Waals surface area contributed by atoms with E-state index in [1.807, 2.05) is 31.2 Å². The van der Waals surface area contributed by atoms with Crippen LogP contribution in [0.15, 0.2) is 72.4 Å². The monoisotopic (exact) mass is 451 g/mol. The maximum absolute atomic E-state index is 12.4. The Morgan fingerprint density at radius 3 is 2.47 bits per heavy atom. The SMILES string of the molecule is COc1cc(C=C(NC(=O)c2ccccc2)C(=O)O)cc(Cl)c1OCc1cccc(C)c1. The Morgan fingerprint density at radius 2 is 1.81 bits per heavy atom. The second kappa shape index (κ2) is 10.5. The number of benzene rings is 3. The van der Waals surface area contributed by atoms with Gasteiger partial charge in [0.25, 0.3) is 5.91 Å². The number of carboxylic acid groups (broad SMARTS) is 1. The number of hydrogen-bond donors (Lipinski definition) is 2. The largest absolute Gasteiger partial charge is 0.493 e. The van der Waals surface area contributed by atoms with Gasteiger partial charge in [0.15, 0.2) is 11.5 Å². The molecule has 0 atom stereocenters. The molecule has 0 fully saturated rings. The highest BCUT2D eigenvalue weighted by Gasteiger charge is 2.16. The Bertz CT molecular complexity index is 1160. The summed E-state index contributed by atoms with van der Waals surface area (Å²) in [4.78, 5) is 24.0. The third kappa shape index (κ3) is 5.89. The number of nitrogens with one attached hydrogen (secondary N) is 1. The Morgan fingerprint density at radius 1 is 1.06 bits per heavy atom. The minimum atomic E-state index is -1.29. The van der Waals surface area contributed by atoms with Crippen molar-refractivity contribution >= 4 is 29.6 Å². The first-order valence-corrected chi connectivity index (χ1v) is 10.1. The van der Waals surface area contributed by atoms with Crippen molar-refractivity contribution in [3.63, 3.8) is 0 Å². The quantitative estimate of drug-likeness (QED) is 0.466. The third-order valence-corrected chi connectivity index (χ3v) is 4.82. The number of rotatable bonds is 8. The summed E-state index contributed by atoms with van der Waals surface area (Å²) in [6.45, 7) is 2.29. The topological polar surface area (TPSA) is 84.9 Å². The maximum atomic E-state index is 12.4. The Hall–Kier alpha value is -3.77. The highest BCUT2D eigenvalue weighted by atomic mass is 35.5. The number of halogens is 1. The summed E-state index contributed by atoms with van der Waals surface area (Å²) >= 11 is 6.41. The van der Waals surface area contributed by atoms with Crippen molar-refractivity contribution in [2.75, 3.05) is 7.11 Å². The number of carbonyl (C=O) groups excluding carboxylic acids is 1. The lowest BCUT2D eigenvalue weighted by molar-refractivity contribution is -0.132. The summed E-state index contributed by atoms with van der Waals surface area (Å²) in [7, 11) is 1.47. The number of carbonyl (C=O) groups is 2. The summed E-state index contributed by atoms with van der Waals surface area (Å²) in [5.74, 6) is -1.13. The molecule has 0 unspecified atom stereocenters. The first-order chi connectivity index (χ1) is 15.4. The predicted molar refractivity (Wildman–Crippen MR) is 123 cm³/mol. The minimum absolute atomic E-state index is 0.252. The smallest absolute Gasteiger partial charge is 0.352 e. The molecule has 0 aromatic heterocycles. The molecule has 3 aromatic carbocycles. The van der Waals surface area contributed by atoms with Gasteiger partial charge >= 0.3 is 5.97 Å². The van der Waals surface area contributed by atoms with Gasteiger partial charge in [0, 0.05) is 5.56 Å². The fourth-order valence-corrected chi connectivity index (χ4v) is 3.30. The number of hydrogen-bond acceptors (Lipinski definition) is 4. The molecule has 0 aliphatic carbocycles. The molecule has 6 nitrogen and oxygen atoms in total. The van der Waals surface area contributed by atoms with Crippen molar-refractivity contribution in [3.05, 3.63) is 99.7 Å². The van der Waals surface area contributed by atoms with Crippen LogP contribution in [0.1, 0.15) is 27.0 Å². The van der Waals surface area contributed by atoms with Crippen LogP contribution in [0.5, 0.6) is 11.5 Å². The van der Waals surface area contributed by atoms with Crippen LogP contribution >= 0.6 is 11.6 Å². The van der Waals surface area contributed by atoms with E-state index in [0.29, 0.717) is 29.2 Å². The molecule has 1 amide bonds. The zero-order valence-electron chi connectivity index (χ0n) is 17.6. The van der Waals surface area contributed by atoms with Crippen LogP contribution in [0.3, 0.4) is 0 Å². The van der Waals surface area contributed by atoms with Crippen molar-refractivity contribution in [1.29, 1.82) is 0 Å². The third-order valence-electron chi connectivity index (χ3n) is 4.54. The van der Waals surface area contributed by atoms with E-state index in [4.69, 9.17) is 21.1 Å². The number of ether oxygens (including phenoxy) is 2. The fraction of sp³-hybridized carbons (Fsp3) is 0.120. The molecule has 3 rings (SSSR count). The zero-order valence-corrected chi connectivity index (χ0v) is 18.3. The van der Waals surface area contributed by atoms with E-state index in [9.17, 15) is 14.7 Å². The molecular formula is C25H22ClNO5. The Labute approximate surface area is 191 Å². The molecule has 0 bridgehead atoms. The molecule has 0 heterocycles. The number of carboxylic acids is 1. The normalized spacial score (nSPS) is 11.0. The maximum Gasteiger partial charge on any atom is 0.352 e. The van der Waals surface area contributed by atoms with E-state index < -0.39 is 11.9 Å². The van der Waals surface area contributed by atoms with Crippen molar-refractivity contribution < 1.29 is 24.2 Å². The van der Waals surface area contributed by atoms with Gasteiger partial charge < -0.3 is 19.9 Å².